The van der Waals surface area contributed by atoms with Gasteiger partial charge in [-0.1, -0.05) is 11.2 Å². The molecule has 0 unspecified atom stereocenters. The fraction of sp³-hybridized carbons (Fsp3) is 0.375. The number of benzene rings is 1. The molecular weight excluding hydrogens is 330 g/mol. The van der Waals surface area contributed by atoms with Crippen LogP contribution in [0.5, 0.6) is 0 Å². The van der Waals surface area contributed by atoms with Crippen molar-refractivity contribution in [3.05, 3.63) is 41.8 Å². The summed E-state index contributed by atoms with van der Waals surface area (Å²) in [4.78, 5) is 12.2. The molecule has 2 aromatic rings. The smallest absolute Gasteiger partial charge is 0.243 e. The Hall–Kier alpha value is -2.19. The molecule has 1 aliphatic heterocycles. The summed E-state index contributed by atoms with van der Waals surface area (Å²) in [6.07, 6.45) is 1.83. The molecule has 7 nitrogen and oxygen atoms in total. The lowest BCUT2D eigenvalue weighted by Crippen LogP contribution is -2.28. The summed E-state index contributed by atoms with van der Waals surface area (Å²) in [5, 5.41) is 6.47. The molecule has 1 aromatic heterocycles. The van der Waals surface area contributed by atoms with Crippen molar-refractivity contribution in [2.45, 2.75) is 31.1 Å². The molecule has 2 heterocycles. The van der Waals surface area contributed by atoms with Crippen molar-refractivity contribution < 1.29 is 17.7 Å². The van der Waals surface area contributed by atoms with Gasteiger partial charge in [0.15, 0.2) is 0 Å². The van der Waals surface area contributed by atoms with Gasteiger partial charge in [-0.25, -0.2) is 8.42 Å². The third kappa shape index (κ3) is 3.65. The summed E-state index contributed by atoms with van der Waals surface area (Å²) in [6.45, 7) is 2.84. The van der Waals surface area contributed by atoms with Gasteiger partial charge in [-0.15, -0.1) is 0 Å². The normalized spacial score (nSPS) is 15.5. The van der Waals surface area contributed by atoms with Crippen LogP contribution in [0.1, 0.15) is 24.3 Å². The maximum absolute atomic E-state index is 12.6. The molecule has 128 valence electrons. The van der Waals surface area contributed by atoms with Gasteiger partial charge < -0.3 is 9.84 Å². The topological polar surface area (TPSA) is 92.5 Å². The van der Waals surface area contributed by atoms with E-state index in [2.05, 4.69) is 10.5 Å². The maximum atomic E-state index is 12.6. The standard InChI is InChI=1S/C16H19N3O4S/c1-12-9-14(18-23-12)11-16(20)17-13-5-4-6-15(10-13)24(21,22)19-7-2-3-8-19/h4-6,9-10H,2-3,7-8,11H2,1H3,(H,17,20). The van der Waals surface area contributed by atoms with E-state index in [1.807, 2.05) is 0 Å². The van der Waals surface area contributed by atoms with Gasteiger partial charge in [-0.05, 0) is 38.0 Å². The number of hydrogen-bond donors (Lipinski definition) is 1. The molecule has 0 aliphatic carbocycles. The number of anilines is 1. The second-order valence-corrected chi connectivity index (χ2v) is 7.73. The Morgan fingerprint density at radius 1 is 1.29 bits per heavy atom. The maximum Gasteiger partial charge on any atom is 0.243 e. The second kappa shape index (κ2) is 6.74. The Morgan fingerprint density at radius 2 is 2.04 bits per heavy atom. The molecule has 1 saturated heterocycles. The first kappa shape index (κ1) is 16.7. The van der Waals surface area contributed by atoms with E-state index in [1.165, 1.54) is 10.4 Å². The summed E-state index contributed by atoms with van der Waals surface area (Å²) in [6, 6.07) is 8.01. The quantitative estimate of drug-likeness (QED) is 0.890. The average Bonchev–Trinajstić information content (AvgIpc) is 3.19. The Morgan fingerprint density at radius 3 is 2.71 bits per heavy atom. The molecule has 8 heteroatoms. The predicted octanol–water partition coefficient (Wildman–Crippen LogP) is 1.95. The van der Waals surface area contributed by atoms with Gasteiger partial charge in [0, 0.05) is 24.8 Å². The molecule has 0 atom stereocenters. The minimum absolute atomic E-state index is 0.0699. The van der Waals surface area contributed by atoms with Gasteiger partial charge in [0.2, 0.25) is 15.9 Å². The molecule has 0 radical (unpaired) electrons. The first-order valence-electron chi connectivity index (χ1n) is 7.77. The molecule has 1 aliphatic rings. The molecule has 0 spiro atoms. The van der Waals surface area contributed by atoms with E-state index >= 15 is 0 Å². The third-order valence-corrected chi connectivity index (χ3v) is 5.73. The van der Waals surface area contributed by atoms with Crippen molar-refractivity contribution in [3.8, 4) is 0 Å². The largest absolute Gasteiger partial charge is 0.361 e. The molecular formula is C16H19N3O4S. The van der Waals surface area contributed by atoms with Crippen molar-refractivity contribution >= 4 is 21.6 Å². The predicted molar refractivity (Wildman–Crippen MR) is 88.0 cm³/mol. The van der Waals surface area contributed by atoms with Crippen LogP contribution in [0.4, 0.5) is 5.69 Å². The lowest BCUT2D eigenvalue weighted by Gasteiger charge is -2.16. The number of hydrogen-bond acceptors (Lipinski definition) is 5. The van der Waals surface area contributed by atoms with Crippen LogP contribution >= 0.6 is 0 Å². The fourth-order valence-electron chi connectivity index (χ4n) is 2.68. The molecule has 0 saturated carbocycles. The number of aromatic nitrogens is 1. The molecule has 1 fully saturated rings. The highest BCUT2D eigenvalue weighted by molar-refractivity contribution is 7.89. The van der Waals surface area contributed by atoms with Crippen LogP contribution in [0.3, 0.4) is 0 Å². The van der Waals surface area contributed by atoms with Crippen molar-refractivity contribution in [3.63, 3.8) is 0 Å². The highest BCUT2D eigenvalue weighted by atomic mass is 32.2. The number of sulfonamides is 1. The molecule has 1 N–H and O–H groups in total. The van der Waals surface area contributed by atoms with Crippen LogP contribution < -0.4 is 5.32 Å². The van der Waals surface area contributed by atoms with Crippen LogP contribution in [-0.2, 0) is 21.2 Å². The van der Waals surface area contributed by atoms with E-state index < -0.39 is 10.0 Å². The first-order chi connectivity index (χ1) is 11.4. The summed E-state index contributed by atoms with van der Waals surface area (Å²) in [5.41, 5.74) is 0.978. The number of amides is 1. The van der Waals surface area contributed by atoms with E-state index in [-0.39, 0.29) is 17.2 Å². The number of carbonyl (C=O) groups is 1. The second-order valence-electron chi connectivity index (χ2n) is 5.79. The molecule has 0 bridgehead atoms. The monoisotopic (exact) mass is 349 g/mol. The third-order valence-electron chi connectivity index (χ3n) is 3.84. The Kier molecular flexibility index (Phi) is 4.68. The number of nitrogens with zero attached hydrogens (tertiary/aromatic N) is 2. The van der Waals surface area contributed by atoms with Gasteiger partial charge in [-0.2, -0.15) is 4.31 Å². The van der Waals surface area contributed by atoms with E-state index in [1.54, 1.807) is 31.2 Å². The molecule has 1 amide bonds. The summed E-state index contributed by atoms with van der Waals surface area (Å²) in [5.74, 6) is 0.357. The zero-order valence-corrected chi connectivity index (χ0v) is 14.2. The van der Waals surface area contributed by atoms with E-state index in [0.29, 0.717) is 30.2 Å². The van der Waals surface area contributed by atoms with Gasteiger partial charge in [0.1, 0.15) is 5.76 Å². The highest BCUT2D eigenvalue weighted by Crippen LogP contribution is 2.23. The average molecular weight is 349 g/mol. The Balaban J connectivity index is 1.72. The van der Waals surface area contributed by atoms with Crippen molar-refractivity contribution in [2.75, 3.05) is 18.4 Å². The zero-order valence-electron chi connectivity index (χ0n) is 13.4. The van der Waals surface area contributed by atoms with Crippen molar-refractivity contribution in [2.24, 2.45) is 0 Å². The van der Waals surface area contributed by atoms with E-state index in [9.17, 15) is 13.2 Å². The minimum atomic E-state index is -3.50. The van der Waals surface area contributed by atoms with Crippen LogP contribution in [0, 0.1) is 6.92 Å². The van der Waals surface area contributed by atoms with Gasteiger partial charge in [0.05, 0.1) is 17.0 Å². The number of rotatable bonds is 5. The molecule has 3 rings (SSSR count). The van der Waals surface area contributed by atoms with Crippen molar-refractivity contribution in [1.29, 1.82) is 0 Å². The Bertz CT molecular complexity index is 839. The van der Waals surface area contributed by atoms with E-state index in [0.717, 1.165) is 12.8 Å². The lowest BCUT2D eigenvalue weighted by atomic mass is 10.2. The van der Waals surface area contributed by atoms with Crippen LogP contribution in [-0.4, -0.2) is 36.9 Å². The number of nitrogens with one attached hydrogen (secondary N) is 1. The van der Waals surface area contributed by atoms with E-state index in [4.69, 9.17) is 4.52 Å². The first-order valence-corrected chi connectivity index (χ1v) is 9.21. The van der Waals surface area contributed by atoms with Gasteiger partial charge >= 0.3 is 0 Å². The van der Waals surface area contributed by atoms with Gasteiger partial charge in [-0.3, -0.25) is 4.79 Å². The summed E-state index contributed by atoms with van der Waals surface area (Å²) in [7, 11) is -3.50. The van der Waals surface area contributed by atoms with Crippen LogP contribution in [0.25, 0.3) is 0 Å². The lowest BCUT2D eigenvalue weighted by molar-refractivity contribution is -0.115. The van der Waals surface area contributed by atoms with Crippen LogP contribution in [0.15, 0.2) is 39.8 Å². The molecule has 24 heavy (non-hydrogen) atoms. The molecule has 1 aromatic carbocycles. The van der Waals surface area contributed by atoms with Crippen LogP contribution in [0.2, 0.25) is 0 Å². The number of aryl methyl sites for hydroxylation is 1. The van der Waals surface area contributed by atoms with Gasteiger partial charge in [0.25, 0.3) is 0 Å². The summed E-state index contributed by atoms with van der Waals surface area (Å²) >= 11 is 0. The SMILES string of the molecule is Cc1cc(CC(=O)Nc2cccc(S(=O)(=O)N3CCCC3)c2)no1. The fourth-order valence-corrected chi connectivity index (χ4v) is 4.25. The Labute approximate surface area is 140 Å². The summed E-state index contributed by atoms with van der Waals surface area (Å²) < 4.78 is 31.5. The number of carbonyl (C=O) groups excluding carboxylic acids is 1. The highest BCUT2D eigenvalue weighted by Gasteiger charge is 2.27. The van der Waals surface area contributed by atoms with Crippen molar-refractivity contribution in [1.82, 2.24) is 9.46 Å². The zero-order chi connectivity index (χ0) is 17.2. The minimum Gasteiger partial charge on any atom is -0.361 e.